The molecule has 1 aromatic carbocycles. The summed E-state index contributed by atoms with van der Waals surface area (Å²) in [5, 5.41) is 2.91. The third kappa shape index (κ3) is 3.14. The minimum absolute atomic E-state index is 0.152. The Kier molecular flexibility index (Phi) is 3.87. The fourth-order valence-corrected chi connectivity index (χ4v) is 2.13. The highest BCUT2D eigenvalue weighted by Crippen LogP contribution is 2.19. The molecule has 1 aliphatic carbocycles. The van der Waals surface area contributed by atoms with Crippen LogP contribution in [0.3, 0.4) is 0 Å². The van der Waals surface area contributed by atoms with E-state index in [1.165, 1.54) is 11.1 Å². The summed E-state index contributed by atoms with van der Waals surface area (Å²) in [5.74, 6) is -0.395. The second kappa shape index (κ2) is 5.97. The molecule has 0 spiro atoms. The minimum atomic E-state index is -0.243. The van der Waals surface area contributed by atoms with E-state index in [2.05, 4.69) is 10.3 Å². The zero-order valence-corrected chi connectivity index (χ0v) is 12.3. The summed E-state index contributed by atoms with van der Waals surface area (Å²) < 4.78 is 0. The van der Waals surface area contributed by atoms with Crippen LogP contribution in [0.4, 0.5) is 5.69 Å². The lowest BCUT2D eigenvalue weighted by Gasteiger charge is -2.17. The molecule has 5 heteroatoms. The summed E-state index contributed by atoms with van der Waals surface area (Å²) in [4.78, 5) is 30.1. The van der Waals surface area contributed by atoms with Crippen LogP contribution in [-0.2, 0) is 0 Å². The summed E-state index contributed by atoms with van der Waals surface area (Å²) in [7, 11) is 1.69. The molecule has 2 aromatic rings. The first-order chi connectivity index (χ1) is 10.6. The van der Waals surface area contributed by atoms with Crippen molar-refractivity contribution in [2.75, 3.05) is 11.9 Å². The Morgan fingerprint density at radius 2 is 1.91 bits per heavy atom. The van der Waals surface area contributed by atoms with Crippen molar-refractivity contribution < 1.29 is 9.59 Å². The molecule has 3 rings (SSSR count). The molecule has 2 amide bonds. The second-order valence-electron chi connectivity index (χ2n) is 5.38. The Morgan fingerprint density at radius 3 is 2.59 bits per heavy atom. The van der Waals surface area contributed by atoms with Crippen molar-refractivity contribution in [2.24, 2.45) is 0 Å². The highest BCUT2D eigenvalue weighted by atomic mass is 16.2. The van der Waals surface area contributed by atoms with Crippen LogP contribution < -0.4 is 10.2 Å². The number of nitrogens with zero attached hydrogens (tertiary/aromatic N) is 2. The molecule has 22 heavy (non-hydrogen) atoms. The SMILES string of the molecule is CN(C(=O)c1cc(C(=O)NC2CC2)ccn1)c1ccccc1. The molecule has 0 aliphatic heterocycles. The van der Waals surface area contributed by atoms with Crippen LogP contribution in [-0.4, -0.2) is 29.9 Å². The third-order valence-electron chi connectivity index (χ3n) is 3.60. The van der Waals surface area contributed by atoms with Crippen molar-refractivity contribution in [3.63, 3.8) is 0 Å². The van der Waals surface area contributed by atoms with E-state index in [0.29, 0.717) is 5.56 Å². The van der Waals surface area contributed by atoms with Crippen LogP contribution >= 0.6 is 0 Å². The number of aromatic nitrogens is 1. The molecule has 112 valence electrons. The first-order valence-corrected chi connectivity index (χ1v) is 7.25. The number of rotatable bonds is 4. The molecule has 0 unspecified atom stereocenters. The van der Waals surface area contributed by atoms with Gasteiger partial charge in [0.05, 0.1) is 0 Å². The van der Waals surface area contributed by atoms with Crippen LogP contribution in [0, 0.1) is 0 Å². The molecule has 5 nitrogen and oxygen atoms in total. The average molecular weight is 295 g/mol. The molecule has 1 saturated carbocycles. The zero-order chi connectivity index (χ0) is 15.5. The van der Waals surface area contributed by atoms with Gasteiger partial charge in [-0.1, -0.05) is 18.2 Å². The molecule has 0 saturated heterocycles. The molecule has 1 heterocycles. The molecule has 1 fully saturated rings. The Hall–Kier alpha value is -2.69. The first-order valence-electron chi connectivity index (χ1n) is 7.25. The number of pyridine rings is 1. The van der Waals surface area contributed by atoms with E-state index in [-0.39, 0.29) is 23.6 Å². The number of hydrogen-bond donors (Lipinski definition) is 1. The highest BCUT2D eigenvalue weighted by molar-refractivity contribution is 6.06. The number of amides is 2. The number of anilines is 1. The Balaban J connectivity index is 1.79. The van der Waals surface area contributed by atoms with Crippen molar-refractivity contribution in [1.82, 2.24) is 10.3 Å². The zero-order valence-electron chi connectivity index (χ0n) is 12.3. The van der Waals surface area contributed by atoms with Crippen molar-refractivity contribution in [3.05, 3.63) is 59.9 Å². The molecule has 0 atom stereocenters. The normalized spacial score (nSPS) is 13.5. The molecule has 1 aromatic heterocycles. The summed E-state index contributed by atoms with van der Waals surface area (Å²) in [5.41, 5.74) is 1.50. The molecule has 0 radical (unpaired) electrons. The third-order valence-corrected chi connectivity index (χ3v) is 3.60. The van der Waals surface area contributed by atoms with Gasteiger partial charge in [-0.05, 0) is 37.1 Å². The number of para-hydroxylation sites is 1. The lowest BCUT2D eigenvalue weighted by Crippen LogP contribution is -2.28. The maximum Gasteiger partial charge on any atom is 0.276 e. The number of benzene rings is 1. The van der Waals surface area contributed by atoms with Gasteiger partial charge in [-0.25, -0.2) is 0 Å². The van der Waals surface area contributed by atoms with Crippen molar-refractivity contribution in [3.8, 4) is 0 Å². The second-order valence-corrected chi connectivity index (χ2v) is 5.38. The topological polar surface area (TPSA) is 62.3 Å². The molecular formula is C17H17N3O2. The summed E-state index contributed by atoms with van der Waals surface area (Å²) in [6, 6.07) is 12.8. The smallest absolute Gasteiger partial charge is 0.276 e. The molecular weight excluding hydrogens is 278 g/mol. The number of carbonyl (C=O) groups excluding carboxylic acids is 2. The standard InChI is InChI=1S/C17H17N3O2/c1-20(14-5-3-2-4-6-14)17(22)15-11-12(9-10-18-15)16(21)19-13-7-8-13/h2-6,9-11,13H,7-8H2,1H3,(H,19,21). The lowest BCUT2D eigenvalue weighted by molar-refractivity contribution is 0.0951. The van der Waals surface area contributed by atoms with E-state index in [1.54, 1.807) is 19.2 Å². The van der Waals surface area contributed by atoms with Gasteiger partial charge in [0.1, 0.15) is 5.69 Å². The average Bonchev–Trinajstić information content (AvgIpc) is 3.38. The van der Waals surface area contributed by atoms with Gasteiger partial charge in [0.2, 0.25) is 0 Å². The van der Waals surface area contributed by atoms with Gasteiger partial charge in [0, 0.05) is 30.5 Å². The molecule has 0 bridgehead atoms. The van der Waals surface area contributed by atoms with Gasteiger partial charge in [-0.3, -0.25) is 14.6 Å². The molecule has 1 aliphatic rings. The summed E-state index contributed by atoms with van der Waals surface area (Å²) in [6.07, 6.45) is 3.55. The van der Waals surface area contributed by atoms with Crippen LogP contribution in [0.5, 0.6) is 0 Å². The van der Waals surface area contributed by atoms with Crippen molar-refractivity contribution in [2.45, 2.75) is 18.9 Å². The van der Waals surface area contributed by atoms with Crippen LogP contribution in [0.25, 0.3) is 0 Å². The number of nitrogens with one attached hydrogen (secondary N) is 1. The van der Waals surface area contributed by atoms with Gasteiger partial charge in [0.25, 0.3) is 11.8 Å². The highest BCUT2D eigenvalue weighted by Gasteiger charge is 2.24. The Labute approximate surface area is 129 Å². The van der Waals surface area contributed by atoms with Gasteiger partial charge >= 0.3 is 0 Å². The van der Waals surface area contributed by atoms with Gasteiger partial charge < -0.3 is 10.2 Å². The molecule has 1 N–H and O–H groups in total. The maximum atomic E-state index is 12.5. The van der Waals surface area contributed by atoms with E-state index in [9.17, 15) is 9.59 Å². The fourth-order valence-electron chi connectivity index (χ4n) is 2.13. The van der Waals surface area contributed by atoms with Gasteiger partial charge in [0.15, 0.2) is 0 Å². The predicted octanol–water partition coefficient (Wildman–Crippen LogP) is 2.25. The quantitative estimate of drug-likeness (QED) is 0.941. The van der Waals surface area contributed by atoms with Crippen molar-refractivity contribution in [1.29, 1.82) is 0 Å². The minimum Gasteiger partial charge on any atom is -0.349 e. The predicted molar refractivity (Wildman–Crippen MR) is 83.9 cm³/mol. The van der Waals surface area contributed by atoms with Gasteiger partial charge in [-0.2, -0.15) is 0 Å². The first kappa shape index (κ1) is 14.3. The monoisotopic (exact) mass is 295 g/mol. The number of hydrogen-bond acceptors (Lipinski definition) is 3. The van der Waals surface area contributed by atoms with Crippen LogP contribution in [0.2, 0.25) is 0 Å². The summed E-state index contributed by atoms with van der Waals surface area (Å²) in [6.45, 7) is 0. The summed E-state index contributed by atoms with van der Waals surface area (Å²) >= 11 is 0. The number of carbonyl (C=O) groups is 2. The Bertz CT molecular complexity index is 696. The van der Waals surface area contributed by atoms with Crippen molar-refractivity contribution >= 4 is 17.5 Å². The van der Waals surface area contributed by atoms with Crippen LogP contribution in [0.1, 0.15) is 33.7 Å². The van der Waals surface area contributed by atoms with Crippen LogP contribution in [0.15, 0.2) is 48.7 Å². The fraction of sp³-hybridized carbons (Fsp3) is 0.235. The Morgan fingerprint density at radius 1 is 1.18 bits per heavy atom. The van der Waals surface area contributed by atoms with E-state index >= 15 is 0 Å². The van der Waals surface area contributed by atoms with Gasteiger partial charge in [-0.15, -0.1) is 0 Å². The lowest BCUT2D eigenvalue weighted by atomic mass is 10.2. The van der Waals surface area contributed by atoms with E-state index in [0.717, 1.165) is 18.5 Å². The largest absolute Gasteiger partial charge is 0.349 e. The van der Waals surface area contributed by atoms with E-state index < -0.39 is 0 Å². The van der Waals surface area contributed by atoms with E-state index in [4.69, 9.17) is 0 Å². The maximum absolute atomic E-state index is 12.5. The van der Waals surface area contributed by atoms with E-state index in [1.807, 2.05) is 30.3 Å².